The number of benzene rings is 1. The third-order valence-electron chi connectivity index (χ3n) is 3.82. The summed E-state index contributed by atoms with van der Waals surface area (Å²) in [4.78, 5) is 12.0. The third-order valence-corrected chi connectivity index (χ3v) is 4.35. The zero-order chi connectivity index (χ0) is 13.7. The molecule has 1 aliphatic rings. The van der Waals surface area contributed by atoms with Crippen LogP contribution in [0.25, 0.3) is 0 Å². The predicted octanol–water partition coefficient (Wildman–Crippen LogP) is 2.80. The highest BCUT2D eigenvalue weighted by Gasteiger charge is 2.34. The molecule has 0 bridgehead atoms. The monoisotopic (exact) mass is 325 g/mol. The molecule has 0 atom stereocenters. The molecule has 0 aromatic heterocycles. The van der Waals surface area contributed by atoms with E-state index in [9.17, 15) is 9.90 Å². The van der Waals surface area contributed by atoms with Gasteiger partial charge in [0.05, 0.1) is 12.1 Å². The maximum absolute atomic E-state index is 12.0. The second-order valence-corrected chi connectivity index (χ2v) is 6.24. The SMILES string of the molecule is O=C(CCc1ccc(Br)cc1)NC1(CO)CCCC1. The third kappa shape index (κ3) is 4.05. The Balaban J connectivity index is 1.82. The van der Waals surface area contributed by atoms with Crippen molar-refractivity contribution in [2.45, 2.75) is 44.1 Å². The van der Waals surface area contributed by atoms with Gasteiger partial charge in [-0.2, -0.15) is 0 Å². The summed E-state index contributed by atoms with van der Waals surface area (Å²) in [6, 6.07) is 8.02. The van der Waals surface area contributed by atoms with Gasteiger partial charge in [0, 0.05) is 10.9 Å². The van der Waals surface area contributed by atoms with Gasteiger partial charge >= 0.3 is 0 Å². The lowest BCUT2D eigenvalue weighted by Gasteiger charge is -2.28. The number of carbonyl (C=O) groups is 1. The number of amides is 1. The molecule has 1 amide bonds. The standard InChI is InChI=1S/C15H20BrNO2/c16-13-6-3-12(4-7-13)5-8-14(19)17-15(11-18)9-1-2-10-15/h3-4,6-7,18H,1-2,5,8-11H2,(H,17,19). The number of aliphatic hydroxyl groups excluding tert-OH is 1. The van der Waals surface area contributed by atoms with E-state index in [1.807, 2.05) is 24.3 Å². The molecule has 2 rings (SSSR count). The van der Waals surface area contributed by atoms with E-state index in [0.29, 0.717) is 6.42 Å². The molecule has 0 unspecified atom stereocenters. The first kappa shape index (κ1) is 14.5. The Morgan fingerprint density at radius 2 is 1.89 bits per heavy atom. The summed E-state index contributed by atoms with van der Waals surface area (Å²) < 4.78 is 1.05. The smallest absolute Gasteiger partial charge is 0.220 e. The average Bonchev–Trinajstić information content (AvgIpc) is 2.87. The van der Waals surface area contributed by atoms with Crippen LogP contribution >= 0.6 is 15.9 Å². The molecule has 1 aromatic rings. The quantitative estimate of drug-likeness (QED) is 0.874. The maximum Gasteiger partial charge on any atom is 0.220 e. The molecule has 104 valence electrons. The van der Waals surface area contributed by atoms with Crippen molar-refractivity contribution in [3.8, 4) is 0 Å². The summed E-state index contributed by atoms with van der Waals surface area (Å²) in [5.74, 6) is 0.0406. The van der Waals surface area contributed by atoms with Crippen LogP contribution in [0.2, 0.25) is 0 Å². The lowest BCUT2D eigenvalue weighted by Crippen LogP contribution is -2.49. The second kappa shape index (κ2) is 6.53. The van der Waals surface area contributed by atoms with Gasteiger partial charge in [0.2, 0.25) is 5.91 Å². The summed E-state index contributed by atoms with van der Waals surface area (Å²) in [5.41, 5.74) is 0.805. The predicted molar refractivity (Wildman–Crippen MR) is 78.9 cm³/mol. The van der Waals surface area contributed by atoms with Crippen molar-refractivity contribution < 1.29 is 9.90 Å². The van der Waals surface area contributed by atoms with Crippen LogP contribution in [0.1, 0.15) is 37.7 Å². The molecule has 0 spiro atoms. The highest BCUT2D eigenvalue weighted by Crippen LogP contribution is 2.29. The van der Waals surface area contributed by atoms with Crippen LogP contribution in [0.15, 0.2) is 28.7 Å². The van der Waals surface area contributed by atoms with Gasteiger partial charge in [-0.1, -0.05) is 40.9 Å². The molecule has 0 heterocycles. The van der Waals surface area contributed by atoms with Crippen LogP contribution in [-0.4, -0.2) is 23.2 Å². The Kier molecular flexibility index (Phi) is 4.99. The Morgan fingerprint density at radius 1 is 1.26 bits per heavy atom. The summed E-state index contributed by atoms with van der Waals surface area (Å²) in [6.45, 7) is 0.0526. The van der Waals surface area contributed by atoms with Crippen molar-refractivity contribution in [1.29, 1.82) is 0 Å². The Labute approximate surface area is 122 Å². The number of nitrogens with one attached hydrogen (secondary N) is 1. The Bertz CT molecular complexity index is 424. The Hall–Kier alpha value is -0.870. The molecule has 2 N–H and O–H groups in total. The fourth-order valence-corrected chi connectivity index (χ4v) is 2.91. The minimum atomic E-state index is -0.350. The number of rotatable bonds is 5. The number of aliphatic hydroxyl groups is 1. The lowest BCUT2D eigenvalue weighted by molar-refractivity contribution is -0.123. The van der Waals surface area contributed by atoms with Crippen molar-refractivity contribution >= 4 is 21.8 Å². The van der Waals surface area contributed by atoms with E-state index in [4.69, 9.17) is 0 Å². The molecule has 1 aliphatic carbocycles. The van der Waals surface area contributed by atoms with E-state index >= 15 is 0 Å². The molecule has 0 saturated heterocycles. The van der Waals surface area contributed by atoms with E-state index < -0.39 is 0 Å². The fraction of sp³-hybridized carbons (Fsp3) is 0.533. The molecule has 4 heteroatoms. The number of hydrogen-bond donors (Lipinski definition) is 2. The van der Waals surface area contributed by atoms with Crippen molar-refractivity contribution in [1.82, 2.24) is 5.32 Å². The lowest BCUT2D eigenvalue weighted by atomic mass is 9.98. The molecule has 19 heavy (non-hydrogen) atoms. The summed E-state index contributed by atoms with van der Waals surface area (Å²) in [6.07, 6.45) is 5.19. The number of aryl methyl sites for hydroxylation is 1. The molecule has 1 fully saturated rings. The summed E-state index contributed by atoms with van der Waals surface area (Å²) in [7, 11) is 0. The normalized spacial score (nSPS) is 17.4. The van der Waals surface area contributed by atoms with E-state index in [1.54, 1.807) is 0 Å². The molecular weight excluding hydrogens is 306 g/mol. The molecule has 1 saturated carbocycles. The first-order chi connectivity index (χ1) is 9.13. The van der Waals surface area contributed by atoms with Crippen LogP contribution in [0, 0.1) is 0 Å². The van der Waals surface area contributed by atoms with E-state index in [0.717, 1.165) is 42.1 Å². The van der Waals surface area contributed by atoms with Gasteiger partial charge < -0.3 is 10.4 Å². The number of hydrogen-bond acceptors (Lipinski definition) is 2. The average molecular weight is 326 g/mol. The molecule has 1 aromatic carbocycles. The van der Waals surface area contributed by atoms with Crippen LogP contribution in [0.3, 0.4) is 0 Å². The largest absolute Gasteiger partial charge is 0.394 e. The van der Waals surface area contributed by atoms with Crippen molar-refractivity contribution in [3.05, 3.63) is 34.3 Å². The van der Waals surface area contributed by atoms with Gasteiger partial charge in [0.25, 0.3) is 0 Å². The van der Waals surface area contributed by atoms with Crippen molar-refractivity contribution in [2.75, 3.05) is 6.61 Å². The van der Waals surface area contributed by atoms with Crippen molar-refractivity contribution in [2.24, 2.45) is 0 Å². The van der Waals surface area contributed by atoms with E-state index in [-0.39, 0.29) is 18.1 Å². The van der Waals surface area contributed by atoms with Gasteiger partial charge in [-0.3, -0.25) is 4.79 Å². The van der Waals surface area contributed by atoms with Gasteiger partial charge in [-0.15, -0.1) is 0 Å². The zero-order valence-electron chi connectivity index (χ0n) is 11.0. The fourth-order valence-electron chi connectivity index (χ4n) is 2.64. The second-order valence-electron chi connectivity index (χ2n) is 5.32. The van der Waals surface area contributed by atoms with E-state index in [2.05, 4.69) is 21.2 Å². The topological polar surface area (TPSA) is 49.3 Å². The highest BCUT2D eigenvalue weighted by molar-refractivity contribution is 9.10. The highest BCUT2D eigenvalue weighted by atomic mass is 79.9. The zero-order valence-corrected chi connectivity index (χ0v) is 12.6. The summed E-state index contributed by atoms with van der Waals surface area (Å²) in [5, 5.41) is 12.5. The molecule has 3 nitrogen and oxygen atoms in total. The first-order valence-corrected chi connectivity index (χ1v) is 7.59. The van der Waals surface area contributed by atoms with Crippen LogP contribution < -0.4 is 5.32 Å². The van der Waals surface area contributed by atoms with Crippen molar-refractivity contribution in [3.63, 3.8) is 0 Å². The van der Waals surface area contributed by atoms with Gasteiger partial charge in [0.15, 0.2) is 0 Å². The number of carbonyl (C=O) groups excluding carboxylic acids is 1. The summed E-state index contributed by atoms with van der Waals surface area (Å²) >= 11 is 3.39. The van der Waals surface area contributed by atoms with E-state index in [1.165, 1.54) is 0 Å². The molecule has 0 radical (unpaired) electrons. The van der Waals surface area contributed by atoms with Crippen LogP contribution in [0.5, 0.6) is 0 Å². The van der Waals surface area contributed by atoms with Crippen LogP contribution in [-0.2, 0) is 11.2 Å². The molecule has 0 aliphatic heterocycles. The minimum Gasteiger partial charge on any atom is -0.394 e. The minimum absolute atomic E-state index is 0.0406. The van der Waals surface area contributed by atoms with Gasteiger partial charge in [0.1, 0.15) is 0 Å². The van der Waals surface area contributed by atoms with Gasteiger partial charge in [-0.05, 0) is 37.0 Å². The number of halogens is 1. The maximum atomic E-state index is 12.0. The first-order valence-electron chi connectivity index (χ1n) is 6.80. The molecular formula is C15H20BrNO2. The van der Waals surface area contributed by atoms with Crippen LogP contribution in [0.4, 0.5) is 0 Å². The Morgan fingerprint density at radius 3 is 2.47 bits per heavy atom. The van der Waals surface area contributed by atoms with Gasteiger partial charge in [-0.25, -0.2) is 0 Å².